The molecule has 19 heavy (non-hydrogen) atoms. The first-order chi connectivity index (χ1) is 8.88. The summed E-state index contributed by atoms with van der Waals surface area (Å²) in [6, 6.07) is 0.270. The second kappa shape index (κ2) is 6.99. The van der Waals surface area contributed by atoms with Crippen molar-refractivity contribution in [2.24, 2.45) is 0 Å². The van der Waals surface area contributed by atoms with Crippen molar-refractivity contribution in [1.82, 2.24) is 20.2 Å². The Labute approximate surface area is 114 Å². The molecule has 1 heterocycles. The molecule has 110 valence electrons. The van der Waals surface area contributed by atoms with Gasteiger partial charge in [0.25, 0.3) is 10.0 Å². The molecule has 1 rings (SSSR count). The lowest BCUT2D eigenvalue weighted by atomic mass is 10.2. The van der Waals surface area contributed by atoms with Crippen LogP contribution < -0.4 is 10.0 Å². The first-order valence-corrected chi connectivity index (χ1v) is 7.62. The summed E-state index contributed by atoms with van der Waals surface area (Å²) >= 11 is 0. The summed E-state index contributed by atoms with van der Waals surface area (Å²) in [6.45, 7) is 6.81. The monoisotopic (exact) mass is 290 g/mol. The minimum absolute atomic E-state index is 0.0502. The molecule has 7 nitrogen and oxygen atoms in total. The van der Waals surface area contributed by atoms with Crippen LogP contribution >= 0.6 is 0 Å². The lowest BCUT2D eigenvalue weighted by Crippen LogP contribution is -2.29. The molecule has 3 N–H and O–H groups in total. The van der Waals surface area contributed by atoms with Crippen LogP contribution in [0.4, 0.5) is 0 Å². The van der Waals surface area contributed by atoms with Gasteiger partial charge in [-0.15, -0.1) is 0 Å². The van der Waals surface area contributed by atoms with E-state index in [1.807, 2.05) is 13.8 Å². The fourth-order valence-corrected chi connectivity index (χ4v) is 2.72. The first kappa shape index (κ1) is 16.1. The van der Waals surface area contributed by atoms with Gasteiger partial charge in [-0.1, -0.05) is 13.8 Å². The van der Waals surface area contributed by atoms with Crippen molar-refractivity contribution in [3.63, 3.8) is 0 Å². The number of H-pyrrole nitrogens is 1. The van der Waals surface area contributed by atoms with Gasteiger partial charge in [-0.05, 0) is 6.92 Å². The van der Waals surface area contributed by atoms with E-state index in [0.29, 0.717) is 18.7 Å². The number of rotatable bonds is 8. The molecule has 0 radical (unpaired) electrons. The Morgan fingerprint density at radius 3 is 2.68 bits per heavy atom. The minimum atomic E-state index is -3.60. The maximum atomic E-state index is 12.1. The van der Waals surface area contributed by atoms with Crippen molar-refractivity contribution >= 4 is 10.0 Å². The van der Waals surface area contributed by atoms with Gasteiger partial charge in [0.05, 0.1) is 6.61 Å². The predicted molar refractivity (Wildman–Crippen MR) is 72.4 cm³/mol. The normalized spacial score (nSPS) is 12.3. The first-order valence-electron chi connectivity index (χ1n) is 6.14. The number of hydrogen-bond acceptors (Lipinski definition) is 5. The third-order valence-electron chi connectivity index (χ3n) is 2.58. The molecule has 1 aromatic rings. The van der Waals surface area contributed by atoms with Crippen molar-refractivity contribution in [1.29, 1.82) is 0 Å². The average molecular weight is 290 g/mol. The van der Waals surface area contributed by atoms with Crippen LogP contribution in [-0.2, 0) is 21.3 Å². The number of aryl methyl sites for hydroxylation is 1. The lowest BCUT2D eigenvalue weighted by molar-refractivity contribution is 0.204. The number of methoxy groups -OCH3 is 1. The molecule has 0 saturated heterocycles. The van der Waals surface area contributed by atoms with Crippen molar-refractivity contribution in [2.75, 3.05) is 20.3 Å². The van der Waals surface area contributed by atoms with Crippen LogP contribution in [0, 0.1) is 6.92 Å². The van der Waals surface area contributed by atoms with Crippen molar-refractivity contribution in [3.05, 3.63) is 11.3 Å². The molecule has 0 atom stereocenters. The molecule has 8 heteroatoms. The van der Waals surface area contributed by atoms with Crippen LogP contribution in [-0.4, -0.2) is 44.9 Å². The highest BCUT2D eigenvalue weighted by Gasteiger charge is 2.23. The van der Waals surface area contributed by atoms with E-state index in [1.54, 1.807) is 6.92 Å². The van der Waals surface area contributed by atoms with Crippen LogP contribution in [0.15, 0.2) is 5.03 Å². The Kier molecular flexibility index (Phi) is 5.92. The number of nitrogens with one attached hydrogen (secondary N) is 3. The quantitative estimate of drug-likeness (QED) is 0.592. The molecule has 0 aliphatic carbocycles. The van der Waals surface area contributed by atoms with E-state index in [4.69, 9.17) is 4.74 Å². The second-order valence-electron chi connectivity index (χ2n) is 4.56. The summed E-state index contributed by atoms with van der Waals surface area (Å²) in [7, 11) is -2.08. The fraction of sp³-hybridized carbons (Fsp3) is 0.727. The molecule has 0 aliphatic heterocycles. The second-order valence-corrected chi connectivity index (χ2v) is 6.24. The summed E-state index contributed by atoms with van der Waals surface area (Å²) in [5, 5.41) is 9.85. The molecule has 0 aromatic carbocycles. The SMILES string of the molecule is COCCNS(=O)(=O)c1n[nH]c(C)c1CNC(C)C. The standard InChI is InChI=1S/C11H22N4O3S/c1-8(2)12-7-10-9(3)14-15-11(10)19(16,17)13-5-6-18-4/h8,12-13H,5-7H2,1-4H3,(H,14,15). The van der Waals surface area contributed by atoms with Crippen molar-refractivity contribution in [3.8, 4) is 0 Å². The van der Waals surface area contributed by atoms with Gasteiger partial charge in [-0.2, -0.15) is 5.10 Å². The number of ether oxygens (including phenoxy) is 1. The Bertz CT molecular complexity index is 496. The van der Waals surface area contributed by atoms with Crippen LogP contribution in [0.3, 0.4) is 0 Å². The Morgan fingerprint density at radius 1 is 1.42 bits per heavy atom. The summed E-state index contributed by atoms with van der Waals surface area (Å²) in [4.78, 5) is 0. The van der Waals surface area contributed by atoms with Gasteiger partial charge in [0.2, 0.25) is 0 Å². The van der Waals surface area contributed by atoms with Gasteiger partial charge < -0.3 is 10.1 Å². The maximum Gasteiger partial charge on any atom is 0.260 e. The third-order valence-corrected chi connectivity index (χ3v) is 4.01. The number of sulfonamides is 1. The van der Waals surface area contributed by atoms with E-state index in [1.165, 1.54) is 7.11 Å². The van der Waals surface area contributed by atoms with E-state index < -0.39 is 10.0 Å². The summed E-state index contributed by atoms with van der Waals surface area (Å²) in [5.74, 6) is 0. The van der Waals surface area contributed by atoms with Gasteiger partial charge in [-0.3, -0.25) is 5.10 Å². The van der Waals surface area contributed by atoms with Gasteiger partial charge in [0.15, 0.2) is 5.03 Å². The zero-order valence-corrected chi connectivity index (χ0v) is 12.6. The highest BCUT2D eigenvalue weighted by molar-refractivity contribution is 7.89. The number of aromatic nitrogens is 2. The summed E-state index contributed by atoms with van der Waals surface area (Å²) < 4.78 is 31.5. The van der Waals surface area contributed by atoms with Crippen LogP contribution in [0.25, 0.3) is 0 Å². The molecular weight excluding hydrogens is 268 g/mol. The maximum absolute atomic E-state index is 12.1. The number of nitrogens with zero attached hydrogens (tertiary/aromatic N) is 1. The largest absolute Gasteiger partial charge is 0.383 e. The fourth-order valence-electron chi connectivity index (χ4n) is 1.51. The molecule has 0 fully saturated rings. The average Bonchev–Trinajstić information content (AvgIpc) is 2.69. The molecule has 0 spiro atoms. The highest BCUT2D eigenvalue weighted by atomic mass is 32.2. The number of hydrogen-bond donors (Lipinski definition) is 3. The molecule has 1 aromatic heterocycles. The molecule has 0 aliphatic rings. The third kappa shape index (κ3) is 4.57. The molecule has 0 unspecified atom stereocenters. The minimum Gasteiger partial charge on any atom is -0.383 e. The zero-order chi connectivity index (χ0) is 14.5. The Hall–Kier alpha value is -0.960. The van der Waals surface area contributed by atoms with Crippen molar-refractivity contribution < 1.29 is 13.2 Å². The lowest BCUT2D eigenvalue weighted by Gasteiger charge is -2.10. The molecule has 0 saturated carbocycles. The predicted octanol–water partition coefficient (Wildman–Crippen LogP) is 0.141. The summed E-state index contributed by atoms with van der Waals surface area (Å²) in [5.41, 5.74) is 1.42. The van der Waals surface area contributed by atoms with Crippen LogP contribution in [0.1, 0.15) is 25.1 Å². The van der Waals surface area contributed by atoms with Gasteiger partial charge in [0.1, 0.15) is 0 Å². The zero-order valence-electron chi connectivity index (χ0n) is 11.8. The number of aromatic amines is 1. The molecule has 0 bridgehead atoms. The Balaban J connectivity index is 2.87. The van der Waals surface area contributed by atoms with Gasteiger partial charge >= 0.3 is 0 Å². The van der Waals surface area contributed by atoms with Crippen LogP contribution in [0.5, 0.6) is 0 Å². The van der Waals surface area contributed by atoms with Gasteiger partial charge in [-0.25, -0.2) is 13.1 Å². The molecular formula is C11H22N4O3S. The smallest absolute Gasteiger partial charge is 0.260 e. The Morgan fingerprint density at radius 2 is 2.11 bits per heavy atom. The van der Waals surface area contributed by atoms with Crippen LogP contribution in [0.2, 0.25) is 0 Å². The topological polar surface area (TPSA) is 96.1 Å². The van der Waals surface area contributed by atoms with E-state index in [9.17, 15) is 8.42 Å². The van der Waals surface area contributed by atoms with E-state index in [2.05, 4.69) is 20.2 Å². The van der Waals surface area contributed by atoms with Gasteiger partial charge in [0, 0.05) is 37.5 Å². The van der Waals surface area contributed by atoms with E-state index >= 15 is 0 Å². The molecule has 0 amide bonds. The summed E-state index contributed by atoms with van der Waals surface area (Å²) in [6.07, 6.45) is 0. The highest BCUT2D eigenvalue weighted by Crippen LogP contribution is 2.15. The van der Waals surface area contributed by atoms with E-state index in [-0.39, 0.29) is 17.6 Å². The van der Waals surface area contributed by atoms with E-state index in [0.717, 1.165) is 5.69 Å². The van der Waals surface area contributed by atoms with Crippen molar-refractivity contribution in [2.45, 2.75) is 38.4 Å².